The van der Waals surface area contributed by atoms with Gasteiger partial charge in [-0.3, -0.25) is 0 Å². The molecule has 0 radical (unpaired) electrons. The number of sulfonamides is 1. The summed E-state index contributed by atoms with van der Waals surface area (Å²) in [7, 11) is -1.65. The van der Waals surface area contributed by atoms with Gasteiger partial charge in [0.25, 0.3) is 0 Å². The number of aliphatic hydroxyl groups excluding tert-OH is 1. The molecule has 0 heterocycles. The van der Waals surface area contributed by atoms with Crippen molar-refractivity contribution in [1.29, 1.82) is 0 Å². The summed E-state index contributed by atoms with van der Waals surface area (Å²) in [6.07, 6.45) is 1.76. The van der Waals surface area contributed by atoms with Crippen LogP contribution in [0.5, 0.6) is 0 Å². The zero-order valence-corrected chi connectivity index (χ0v) is 10.2. The summed E-state index contributed by atoms with van der Waals surface area (Å²) in [5.41, 5.74) is 0. The zero-order chi connectivity index (χ0) is 11.7. The average molecular weight is 239 g/mol. The summed E-state index contributed by atoms with van der Waals surface area (Å²) in [6, 6.07) is -0.121. The summed E-state index contributed by atoms with van der Waals surface area (Å²) >= 11 is 0. The maximum atomic E-state index is 11.4. The maximum Gasteiger partial charge on any atom is 0.211 e. The van der Waals surface area contributed by atoms with Crippen molar-refractivity contribution in [2.45, 2.75) is 32.2 Å². The van der Waals surface area contributed by atoms with Crippen LogP contribution in [0.25, 0.3) is 0 Å². The highest BCUT2D eigenvalue weighted by Crippen LogP contribution is 1.99. The third-order valence-corrected chi connectivity index (χ3v) is 3.53. The Morgan fingerprint density at radius 2 is 2.07 bits per heavy atom. The molecule has 92 valence electrons. The molecule has 0 aliphatic heterocycles. The van der Waals surface area contributed by atoms with Gasteiger partial charge in [0, 0.05) is 26.4 Å². The van der Waals surface area contributed by atoms with Gasteiger partial charge >= 0.3 is 0 Å². The molecule has 2 N–H and O–H groups in total. The van der Waals surface area contributed by atoms with Crippen molar-refractivity contribution >= 4 is 10.0 Å². The number of hydrogen-bond donors (Lipinski definition) is 2. The fourth-order valence-electron chi connectivity index (χ4n) is 1.22. The predicted octanol–water partition coefficient (Wildman–Crippen LogP) is 0.103. The van der Waals surface area contributed by atoms with Gasteiger partial charge in [-0.2, -0.15) is 0 Å². The normalized spacial score (nSPS) is 14.1. The second-order valence-electron chi connectivity index (χ2n) is 3.55. The molecule has 0 aromatic rings. The van der Waals surface area contributed by atoms with Gasteiger partial charge in [0.2, 0.25) is 10.0 Å². The van der Waals surface area contributed by atoms with Crippen molar-refractivity contribution in [3.8, 4) is 0 Å². The van der Waals surface area contributed by atoms with Crippen LogP contribution < -0.4 is 4.72 Å². The van der Waals surface area contributed by atoms with Crippen LogP contribution in [-0.4, -0.2) is 45.6 Å². The van der Waals surface area contributed by atoms with Gasteiger partial charge in [-0.25, -0.2) is 13.1 Å². The van der Waals surface area contributed by atoms with Crippen molar-refractivity contribution in [3.63, 3.8) is 0 Å². The van der Waals surface area contributed by atoms with Gasteiger partial charge in [0.05, 0.1) is 5.75 Å². The minimum Gasteiger partial charge on any atom is -0.396 e. The van der Waals surface area contributed by atoms with E-state index in [0.29, 0.717) is 25.9 Å². The number of ether oxygens (including phenoxy) is 1. The first kappa shape index (κ1) is 14.8. The Labute approximate surface area is 91.9 Å². The lowest BCUT2D eigenvalue weighted by Crippen LogP contribution is -2.34. The van der Waals surface area contributed by atoms with Crippen LogP contribution in [-0.2, 0) is 14.8 Å². The summed E-state index contributed by atoms with van der Waals surface area (Å²) in [4.78, 5) is 0. The molecule has 0 saturated carbocycles. The van der Waals surface area contributed by atoms with Crippen LogP contribution in [0.4, 0.5) is 0 Å². The summed E-state index contributed by atoms with van der Waals surface area (Å²) in [6.45, 7) is 2.34. The minimum absolute atomic E-state index is 0.0876. The molecule has 0 amide bonds. The highest BCUT2D eigenvalue weighted by Gasteiger charge is 2.13. The number of rotatable bonds is 9. The van der Waals surface area contributed by atoms with Crippen molar-refractivity contribution < 1.29 is 18.3 Å². The molecule has 15 heavy (non-hydrogen) atoms. The Bertz CT molecular complexity index is 240. The molecule has 0 bridgehead atoms. The van der Waals surface area contributed by atoms with Gasteiger partial charge in [-0.15, -0.1) is 0 Å². The SMILES string of the molecule is COCCCS(=O)(=O)NC(C)CCCO. The number of hydrogen-bond acceptors (Lipinski definition) is 4. The fourth-order valence-corrected chi connectivity index (χ4v) is 2.56. The summed E-state index contributed by atoms with van der Waals surface area (Å²) < 4.78 is 30.2. The molecular weight excluding hydrogens is 218 g/mol. The molecule has 0 aromatic heterocycles. The molecule has 0 rings (SSSR count). The molecule has 0 saturated heterocycles. The lowest BCUT2D eigenvalue weighted by Gasteiger charge is -2.13. The first-order valence-electron chi connectivity index (χ1n) is 5.11. The molecule has 0 aromatic carbocycles. The molecule has 5 nitrogen and oxygen atoms in total. The van der Waals surface area contributed by atoms with Crippen molar-refractivity contribution in [2.24, 2.45) is 0 Å². The molecule has 0 aliphatic carbocycles. The highest BCUT2D eigenvalue weighted by molar-refractivity contribution is 7.89. The second kappa shape index (κ2) is 8.04. The Morgan fingerprint density at radius 3 is 2.60 bits per heavy atom. The quantitative estimate of drug-likeness (QED) is 0.560. The van der Waals surface area contributed by atoms with Gasteiger partial charge in [-0.1, -0.05) is 0 Å². The topological polar surface area (TPSA) is 75.6 Å². The monoisotopic (exact) mass is 239 g/mol. The lowest BCUT2D eigenvalue weighted by atomic mass is 10.2. The lowest BCUT2D eigenvalue weighted by molar-refractivity contribution is 0.199. The molecule has 6 heteroatoms. The Hall–Kier alpha value is -0.170. The maximum absolute atomic E-state index is 11.4. The van der Waals surface area contributed by atoms with Gasteiger partial charge in [0.15, 0.2) is 0 Å². The van der Waals surface area contributed by atoms with Crippen LogP contribution in [0.2, 0.25) is 0 Å². The minimum atomic E-state index is -3.20. The predicted molar refractivity (Wildman–Crippen MR) is 59.2 cm³/mol. The highest BCUT2D eigenvalue weighted by atomic mass is 32.2. The number of nitrogens with one attached hydrogen (secondary N) is 1. The van der Waals surface area contributed by atoms with Gasteiger partial charge < -0.3 is 9.84 Å². The van der Waals surface area contributed by atoms with E-state index < -0.39 is 10.0 Å². The fraction of sp³-hybridized carbons (Fsp3) is 1.00. The molecule has 1 unspecified atom stereocenters. The van der Waals surface area contributed by atoms with Crippen LogP contribution in [0.3, 0.4) is 0 Å². The van der Waals surface area contributed by atoms with E-state index in [-0.39, 0.29) is 18.4 Å². The van der Waals surface area contributed by atoms with E-state index in [4.69, 9.17) is 9.84 Å². The zero-order valence-electron chi connectivity index (χ0n) is 9.40. The van der Waals surface area contributed by atoms with Crippen LogP contribution in [0.1, 0.15) is 26.2 Å². The van der Waals surface area contributed by atoms with Crippen LogP contribution >= 0.6 is 0 Å². The van der Waals surface area contributed by atoms with Gasteiger partial charge in [0.1, 0.15) is 0 Å². The Balaban J connectivity index is 3.81. The summed E-state index contributed by atoms with van der Waals surface area (Å²) in [5.74, 6) is 0.0876. The average Bonchev–Trinajstić information content (AvgIpc) is 2.14. The van der Waals surface area contributed by atoms with Crippen LogP contribution in [0, 0.1) is 0 Å². The smallest absolute Gasteiger partial charge is 0.211 e. The van der Waals surface area contributed by atoms with Crippen LogP contribution in [0.15, 0.2) is 0 Å². The van der Waals surface area contributed by atoms with E-state index in [0.717, 1.165) is 0 Å². The largest absolute Gasteiger partial charge is 0.396 e. The van der Waals surface area contributed by atoms with E-state index in [9.17, 15) is 8.42 Å². The standard InChI is InChI=1S/C9H21NO4S/c1-9(5-3-6-11)10-15(12,13)8-4-7-14-2/h9-11H,3-8H2,1-2H3. The molecule has 0 fully saturated rings. The Morgan fingerprint density at radius 1 is 1.40 bits per heavy atom. The second-order valence-corrected chi connectivity index (χ2v) is 5.42. The van der Waals surface area contributed by atoms with E-state index >= 15 is 0 Å². The molecular formula is C9H21NO4S. The van der Waals surface area contributed by atoms with Crippen molar-refractivity contribution in [2.75, 3.05) is 26.1 Å². The van der Waals surface area contributed by atoms with E-state index in [1.165, 1.54) is 0 Å². The van der Waals surface area contributed by atoms with Crippen molar-refractivity contribution in [3.05, 3.63) is 0 Å². The van der Waals surface area contributed by atoms with Gasteiger partial charge in [-0.05, 0) is 26.2 Å². The molecule has 1 atom stereocenters. The molecule has 0 aliphatic rings. The summed E-state index contributed by atoms with van der Waals surface area (Å²) in [5, 5.41) is 8.59. The van der Waals surface area contributed by atoms with E-state index in [2.05, 4.69) is 4.72 Å². The first-order valence-corrected chi connectivity index (χ1v) is 6.77. The third-order valence-electron chi connectivity index (χ3n) is 1.94. The van der Waals surface area contributed by atoms with E-state index in [1.54, 1.807) is 14.0 Å². The molecule has 0 spiro atoms. The first-order chi connectivity index (χ1) is 7.02. The Kier molecular flexibility index (Phi) is 7.95. The third kappa shape index (κ3) is 8.80. The van der Waals surface area contributed by atoms with E-state index in [1.807, 2.05) is 0 Å². The van der Waals surface area contributed by atoms with Crippen molar-refractivity contribution in [1.82, 2.24) is 4.72 Å². The number of methoxy groups -OCH3 is 1. The number of aliphatic hydroxyl groups is 1.